The molecule has 0 radical (unpaired) electrons. The van der Waals surface area contributed by atoms with Crippen LogP contribution in [0.5, 0.6) is 0 Å². The predicted molar refractivity (Wildman–Crippen MR) is 76.4 cm³/mol. The second-order valence-electron chi connectivity index (χ2n) is 4.77. The van der Waals surface area contributed by atoms with Gasteiger partial charge in [-0.05, 0) is 18.9 Å². The summed E-state index contributed by atoms with van der Waals surface area (Å²) in [6.45, 7) is 1.45. The van der Waals surface area contributed by atoms with Crippen LogP contribution in [0.3, 0.4) is 0 Å². The van der Waals surface area contributed by atoms with Crippen LogP contribution in [-0.2, 0) is 0 Å². The highest BCUT2D eigenvalue weighted by Gasteiger charge is 2.26. The minimum absolute atomic E-state index is 0.0286. The average Bonchev–Trinajstić information content (AvgIpc) is 2.94. The molecule has 1 aliphatic heterocycles. The predicted octanol–water partition coefficient (Wildman–Crippen LogP) is 1.54. The van der Waals surface area contributed by atoms with Crippen molar-refractivity contribution in [1.29, 1.82) is 0 Å². The Bertz CT molecular complexity index is 592. The molecular weight excluding hydrogens is 274 g/mol. The van der Waals surface area contributed by atoms with Gasteiger partial charge in [0.1, 0.15) is 12.0 Å². The van der Waals surface area contributed by atoms with E-state index in [-0.39, 0.29) is 5.91 Å². The summed E-state index contributed by atoms with van der Waals surface area (Å²) in [5, 5.41) is 2.15. The largest absolute Gasteiger partial charge is 0.375 e. The van der Waals surface area contributed by atoms with E-state index in [9.17, 15) is 4.79 Å². The molecule has 1 saturated heterocycles. The maximum absolute atomic E-state index is 12.2. The molecule has 0 unspecified atom stereocenters. The number of nitrogens with zero attached hydrogens (tertiary/aromatic N) is 4. The fraction of sp³-hybridized carbons (Fsp3) is 0.385. The summed E-state index contributed by atoms with van der Waals surface area (Å²) < 4.78 is 0. The normalized spacial score (nSPS) is 16.3. The number of anilines is 1. The van der Waals surface area contributed by atoms with Crippen LogP contribution in [-0.4, -0.2) is 38.8 Å². The van der Waals surface area contributed by atoms with Crippen LogP contribution in [0.1, 0.15) is 34.9 Å². The van der Waals surface area contributed by atoms with Gasteiger partial charge in [0, 0.05) is 36.3 Å². The molecule has 2 aromatic heterocycles. The first-order valence-electron chi connectivity index (χ1n) is 6.50. The van der Waals surface area contributed by atoms with Gasteiger partial charge in [-0.25, -0.2) is 15.0 Å². The summed E-state index contributed by atoms with van der Waals surface area (Å²) in [6.07, 6.45) is 5.17. The Hall–Kier alpha value is -2.02. The third-order valence-electron chi connectivity index (χ3n) is 3.55. The number of rotatable bonds is 2. The third-order valence-corrected chi connectivity index (χ3v) is 4.22. The van der Waals surface area contributed by atoms with Crippen molar-refractivity contribution in [3.05, 3.63) is 35.4 Å². The van der Waals surface area contributed by atoms with Crippen LogP contribution in [0.25, 0.3) is 0 Å². The number of aromatic nitrogens is 3. The molecule has 3 heterocycles. The molecule has 20 heavy (non-hydrogen) atoms. The van der Waals surface area contributed by atoms with Gasteiger partial charge in [-0.2, -0.15) is 0 Å². The number of nitrogens with two attached hydrogens (primary N) is 1. The zero-order valence-electron chi connectivity index (χ0n) is 10.9. The third kappa shape index (κ3) is 2.62. The van der Waals surface area contributed by atoms with Gasteiger partial charge < -0.3 is 10.6 Å². The van der Waals surface area contributed by atoms with E-state index >= 15 is 0 Å². The van der Waals surface area contributed by atoms with Crippen LogP contribution >= 0.6 is 11.3 Å². The Morgan fingerprint density at radius 3 is 2.80 bits per heavy atom. The Kier molecular flexibility index (Phi) is 3.60. The lowest BCUT2D eigenvalue weighted by molar-refractivity contribution is 0.0707. The lowest BCUT2D eigenvalue weighted by Crippen LogP contribution is -2.38. The lowest BCUT2D eigenvalue weighted by atomic mass is 9.93. The van der Waals surface area contributed by atoms with Gasteiger partial charge in [-0.3, -0.25) is 4.79 Å². The number of hydrogen-bond donors (Lipinski definition) is 1. The topological polar surface area (TPSA) is 85.0 Å². The maximum atomic E-state index is 12.2. The van der Waals surface area contributed by atoms with Gasteiger partial charge in [0.05, 0.1) is 0 Å². The average molecular weight is 289 g/mol. The number of likely N-dealkylation sites (tertiary alicyclic amines) is 1. The maximum Gasteiger partial charge on any atom is 0.273 e. The Morgan fingerprint density at radius 1 is 1.40 bits per heavy atom. The summed E-state index contributed by atoms with van der Waals surface area (Å²) in [5.74, 6) is 0.377. The molecule has 3 rings (SSSR count). The van der Waals surface area contributed by atoms with Gasteiger partial charge in [-0.1, -0.05) is 0 Å². The van der Waals surface area contributed by atoms with Crippen molar-refractivity contribution in [3.63, 3.8) is 0 Å². The molecule has 6 nitrogen and oxygen atoms in total. The van der Waals surface area contributed by atoms with Crippen molar-refractivity contribution in [2.75, 3.05) is 18.8 Å². The van der Waals surface area contributed by atoms with Crippen molar-refractivity contribution >= 4 is 22.4 Å². The molecule has 0 bridgehead atoms. The number of piperidine rings is 1. The molecule has 0 aliphatic carbocycles. The van der Waals surface area contributed by atoms with E-state index in [2.05, 4.69) is 15.0 Å². The van der Waals surface area contributed by atoms with E-state index in [0.717, 1.165) is 31.6 Å². The Balaban J connectivity index is 1.63. The molecule has 2 aromatic rings. The van der Waals surface area contributed by atoms with Crippen molar-refractivity contribution in [3.8, 4) is 0 Å². The number of thiazole rings is 1. The van der Waals surface area contributed by atoms with Gasteiger partial charge in [0.15, 0.2) is 5.13 Å². The van der Waals surface area contributed by atoms with Gasteiger partial charge >= 0.3 is 0 Å². The first-order valence-corrected chi connectivity index (χ1v) is 7.38. The number of hydrogen-bond acceptors (Lipinski definition) is 6. The first-order chi connectivity index (χ1) is 9.74. The van der Waals surface area contributed by atoms with Crippen molar-refractivity contribution in [2.45, 2.75) is 18.8 Å². The van der Waals surface area contributed by atoms with E-state index < -0.39 is 0 Å². The quantitative estimate of drug-likeness (QED) is 0.906. The fourth-order valence-corrected chi connectivity index (χ4v) is 3.01. The van der Waals surface area contributed by atoms with Crippen LogP contribution in [0.15, 0.2) is 24.0 Å². The number of carbonyl (C=O) groups is 1. The summed E-state index contributed by atoms with van der Waals surface area (Å²) in [7, 11) is 0. The highest BCUT2D eigenvalue weighted by molar-refractivity contribution is 7.13. The highest BCUT2D eigenvalue weighted by Crippen LogP contribution is 2.27. The zero-order valence-corrected chi connectivity index (χ0v) is 11.7. The van der Waals surface area contributed by atoms with Crippen molar-refractivity contribution in [2.24, 2.45) is 0 Å². The highest BCUT2D eigenvalue weighted by atomic mass is 32.1. The zero-order chi connectivity index (χ0) is 13.9. The molecule has 0 saturated carbocycles. The van der Waals surface area contributed by atoms with Crippen molar-refractivity contribution < 1.29 is 4.79 Å². The minimum atomic E-state index is -0.0286. The van der Waals surface area contributed by atoms with Crippen LogP contribution in [0.2, 0.25) is 0 Å². The molecule has 1 aliphatic rings. The summed E-state index contributed by atoms with van der Waals surface area (Å²) >= 11 is 1.30. The molecule has 1 amide bonds. The van der Waals surface area contributed by atoms with Crippen LogP contribution < -0.4 is 5.73 Å². The summed E-state index contributed by atoms with van der Waals surface area (Å²) in [6, 6.07) is 1.95. The molecule has 0 aromatic carbocycles. The molecule has 2 N–H and O–H groups in total. The summed E-state index contributed by atoms with van der Waals surface area (Å²) in [5.41, 5.74) is 7.08. The monoisotopic (exact) mass is 289 g/mol. The molecule has 1 fully saturated rings. The molecule has 0 atom stereocenters. The number of amides is 1. The summed E-state index contributed by atoms with van der Waals surface area (Å²) in [4.78, 5) is 26.4. The first kappa shape index (κ1) is 13.0. The second kappa shape index (κ2) is 5.54. The van der Waals surface area contributed by atoms with Crippen LogP contribution in [0, 0.1) is 0 Å². The SMILES string of the molecule is Nc1nc(C(=O)N2CCC(c3ccncn3)CC2)cs1. The van der Waals surface area contributed by atoms with Crippen molar-refractivity contribution in [1.82, 2.24) is 19.9 Å². The standard InChI is InChI=1S/C13H15N5OS/c14-13-17-11(7-20-13)12(19)18-5-2-9(3-6-18)10-1-4-15-8-16-10/h1,4,7-9H,2-3,5-6H2,(H2,14,17). The second-order valence-corrected chi connectivity index (χ2v) is 5.66. The van der Waals surface area contributed by atoms with E-state index in [1.165, 1.54) is 11.3 Å². The van der Waals surface area contributed by atoms with E-state index in [4.69, 9.17) is 5.73 Å². The minimum Gasteiger partial charge on any atom is -0.375 e. The van der Waals surface area contributed by atoms with Gasteiger partial charge in [0.2, 0.25) is 0 Å². The molecular formula is C13H15N5OS. The Labute approximate surface area is 120 Å². The molecule has 7 heteroatoms. The Morgan fingerprint density at radius 2 is 2.20 bits per heavy atom. The smallest absolute Gasteiger partial charge is 0.273 e. The lowest BCUT2D eigenvalue weighted by Gasteiger charge is -2.31. The fourth-order valence-electron chi connectivity index (χ4n) is 2.47. The molecule has 104 valence electrons. The van der Waals surface area contributed by atoms with Crippen LogP contribution in [0.4, 0.5) is 5.13 Å². The number of carbonyl (C=O) groups excluding carboxylic acids is 1. The van der Waals surface area contributed by atoms with E-state index in [0.29, 0.717) is 16.7 Å². The number of nitrogen functional groups attached to an aromatic ring is 1. The molecule has 0 spiro atoms. The van der Waals surface area contributed by atoms with E-state index in [1.54, 1.807) is 17.9 Å². The van der Waals surface area contributed by atoms with Gasteiger partial charge in [0.25, 0.3) is 5.91 Å². The van der Waals surface area contributed by atoms with Gasteiger partial charge in [-0.15, -0.1) is 11.3 Å². The van der Waals surface area contributed by atoms with E-state index in [1.807, 2.05) is 11.0 Å².